The second kappa shape index (κ2) is 7.14. The zero-order valence-electron chi connectivity index (χ0n) is 12.8. The van der Waals surface area contributed by atoms with Crippen molar-refractivity contribution in [2.75, 3.05) is 6.54 Å². The summed E-state index contributed by atoms with van der Waals surface area (Å²) in [6, 6.07) is 1.55. The van der Waals surface area contributed by atoms with E-state index in [0.29, 0.717) is 12.3 Å². The molecular weight excluding hydrogens is 322 g/mol. The second-order valence-electron chi connectivity index (χ2n) is 4.95. The molecule has 0 aliphatic rings. The fourth-order valence-electron chi connectivity index (χ4n) is 1.80. The molecule has 0 saturated heterocycles. The zero-order chi connectivity index (χ0) is 17.8. The predicted octanol–water partition coefficient (Wildman–Crippen LogP) is 5.34. The van der Waals surface area contributed by atoms with Gasteiger partial charge in [0.05, 0.1) is 11.1 Å². The molecule has 0 aliphatic heterocycles. The minimum absolute atomic E-state index is 0.0988. The van der Waals surface area contributed by atoms with Crippen molar-refractivity contribution >= 4 is 12.1 Å². The van der Waals surface area contributed by atoms with Crippen molar-refractivity contribution in [3.05, 3.63) is 34.9 Å². The maximum absolute atomic E-state index is 12.8. The van der Waals surface area contributed by atoms with E-state index in [0.717, 1.165) is 12.1 Å². The van der Waals surface area contributed by atoms with Gasteiger partial charge in [0.15, 0.2) is 0 Å². The van der Waals surface area contributed by atoms with Gasteiger partial charge in [0.1, 0.15) is 6.34 Å². The Morgan fingerprint density at radius 2 is 1.52 bits per heavy atom. The molecule has 0 amide bonds. The Morgan fingerprint density at radius 1 is 1.04 bits per heavy atom. The zero-order valence-corrected chi connectivity index (χ0v) is 12.8. The first kappa shape index (κ1) is 19.2. The third kappa shape index (κ3) is 5.37. The van der Waals surface area contributed by atoms with Crippen molar-refractivity contribution in [2.24, 2.45) is 9.98 Å². The smallest absolute Gasteiger partial charge is 0.274 e. The summed E-state index contributed by atoms with van der Waals surface area (Å²) >= 11 is 0. The molecule has 1 aromatic carbocycles. The molecule has 0 N–H and O–H groups in total. The number of halogens is 6. The number of rotatable bonds is 4. The van der Waals surface area contributed by atoms with E-state index >= 15 is 0 Å². The Hall–Kier alpha value is -1.86. The van der Waals surface area contributed by atoms with E-state index in [1.54, 1.807) is 6.92 Å². The third-order valence-corrected chi connectivity index (χ3v) is 3.26. The lowest BCUT2D eigenvalue weighted by atomic mass is 9.93. The van der Waals surface area contributed by atoms with Gasteiger partial charge in [-0.25, -0.2) is 4.99 Å². The lowest BCUT2D eigenvalue weighted by Gasteiger charge is -2.17. The van der Waals surface area contributed by atoms with Crippen LogP contribution in [0.25, 0.3) is 0 Å². The number of alkyl halides is 6. The highest BCUT2D eigenvalue weighted by molar-refractivity contribution is 5.93. The summed E-state index contributed by atoms with van der Waals surface area (Å²) in [5.41, 5.74) is -2.39. The Morgan fingerprint density at radius 3 is 1.91 bits per heavy atom. The average molecular weight is 338 g/mol. The second-order valence-corrected chi connectivity index (χ2v) is 4.95. The molecule has 1 unspecified atom stereocenters. The van der Waals surface area contributed by atoms with Crippen LogP contribution in [0.4, 0.5) is 26.3 Å². The Balaban J connectivity index is 3.35. The van der Waals surface area contributed by atoms with Gasteiger partial charge >= 0.3 is 12.4 Å². The van der Waals surface area contributed by atoms with Crippen LogP contribution in [0.15, 0.2) is 28.2 Å². The quantitative estimate of drug-likeness (QED) is 0.402. The van der Waals surface area contributed by atoms with Gasteiger partial charge in [0.25, 0.3) is 0 Å². The van der Waals surface area contributed by atoms with E-state index in [-0.39, 0.29) is 11.6 Å². The Kier molecular flexibility index (Phi) is 5.96. The molecule has 0 aliphatic carbocycles. The van der Waals surface area contributed by atoms with Crippen LogP contribution in [-0.4, -0.2) is 18.6 Å². The van der Waals surface area contributed by atoms with E-state index in [2.05, 4.69) is 9.98 Å². The molecule has 1 atom stereocenters. The highest BCUT2D eigenvalue weighted by atomic mass is 19.4. The summed E-state index contributed by atoms with van der Waals surface area (Å²) in [6.45, 7) is 5.27. The van der Waals surface area contributed by atoms with Crippen LogP contribution in [0.3, 0.4) is 0 Å². The van der Waals surface area contributed by atoms with Crippen molar-refractivity contribution < 1.29 is 26.3 Å². The summed E-state index contributed by atoms with van der Waals surface area (Å²) in [6.07, 6.45) is -8.47. The van der Waals surface area contributed by atoms with E-state index in [1.165, 1.54) is 20.2 Å². The largest absolute Gasteiger partial charge is 0.416 e. The van der Waals surface area contributed by atoms with Crippen molar-refractivity contribution in [3.63, 3.8) is 0 Å². The minimum Gasteiger partial charge on any atom is -0.274 e. The molecular formula is C15H16F6N2. The van der Waals surface area contributed by atoms with Gasteiger partial charge in [-0.3, -0.25) is 4.99 Å². The molecule has 2 nitrogen and oxygen atoms in total. The van der Waals surface area contributed by atoms with E-state index in [1.807, 2.05) is 0 Å². The SMILES string of the molecule is CC/N=C\N=C(/C)C(C)c1cc(C(F)(F)F)cc(C(F)(F)F)c1. The Labute approximate surface area is 129 Å². The van der Waals surface area contributed by atoms with Crippen LogP contribution in [0, 0.1) is 0 Å². The van der Waals surface area contributed by atoms with Gasteiger partial charge in [0.2, 0.25) is 0 Å². The van der Waals surface area contributed by atoms with Crippen molar-refractivity contribution in [1.82, 2.24) is 0 Å². The van der Waals surface area contributed by atoms with Gasteiger partial charge in [-0.05, 0) is 37.6 Å². The van der Waals surface area contributed by atoms with Crippen LogP contribution in [0.1, 0.15) is 43.4 Å². The monoisotopic (exact) mass is 338 g/mol. The normalized spacial score (nSPS) is 15.3. The Bertz CT molecular complexity index is 567. The first-order valence-electron chi connectivity index (χ1n) is 6.78. The van der Waals surface area contributed by atoms with E-state index in [9.17, 15) is 26.3 Å². The summed E-state index contributed by atoms with van der Waals surface area (Å²) in [4.78, 5) is 7.77. The van der Waals surface area contributed by atoms with Gasteiger partial charge < -0.3 is 0 Å². The number of nitrogens with zero attached hydrogens (tertiary/aromatic N) is 2. The molecule has 0 bridgehead atoms. The maximum atomic E-state index is 12.8. The fourth-order valence-corrected chi connectivity index (χ4v) is 1.80. The first-order chi connectivity index (χ1) is 10.5. The fraction of sp³-hybridized carbons (Fsp3) is 0.467. The highest BCUT2D eigenvalue weighted by Gasteiger charge is 2.37. The predicted molar refractivity (Wildman–Crippen MR) is 77.0 cm³/mol. The van der Waals surface area contributed by atoms with Crippen LogP contribution in [0.2, 0.25) is 0 Å². The molecule has 0 fully saturated rings. The van der Waals surface area contributed by atoms with Crippen molar-refractivity contribution in [3.8, 4) is 0 Å². The maximum Gasteiger partial charge on any atom is 0.416 e. The topological polar surface area (TPSA) is 24.7 Å². The minimum atomic E-state index is -4.86. The molecule has 0 radical (unpaired) electrons. The lowest BCUT2D eigenvalue weighted by molar-refractivity contribution is -0.143. The number of hydrogen-bond acceptors (Lipinski definition) is 1. The van der Waals surface area contributed by atoms with Crippen molar-refractivity contribution in [2.45, 2.75) is 39.0 Å². The van der Waals surface area contributed by atoms with Crippen LogP contribution in [0.5, 0.6) is 0 Å². The van der Waals surface area contributed by atoms with Crippen molar-refractivity contribution in [1.29, 1.82) is 0 Å². The van der Waals surface area contributed by atoms with Gasteiger partial charge in [-0.1, -0.05) is 6.92 Å². The van der Waals surface area contributed by atoms with Crippen LogP contribution < -0.4 is 0 Å². The van der Waals surface area contributed by atoms with Gasteiger partial charge in [0, 0.05) is 18.2 Å². The summed E-state index contributed by atoms with van der Waals surface area (Å²) < 4.78 is 77.0. The highest BCUT2D eigenvalue weighted by Crippen LogP contribution is 2.37. The van der Waals surface area contributed by atoms with Crippen LogP contribution >= 0.6 is 0 Å². The molecule has 0 spiro atoms. The number of benzene rings is 1. The van der Waals surface area contributed by atoms with E-state index < -0.39 is 29.4 Å². The number of aliphatic imine (C=N–C) groups is 2. The molecule has 0 saturated carbocycles. The standard InChI is InChI=1S/C15H16F6N2/c1-4-22-8-23-10(3)9(2)11-5-12(14(16,17)18)7-13(6-11)15(19,20)21/h5-9H,4H2,1-3H3/b22-8-,23-10+. The number of hydrogen-bond donors (Lipinski definition) is 0. The molecule has 1 aromatic rings. The molecule has 128 valence electrons. The van der Waals surface area contributed by atoms with Gasteiger partial charge in [-0.15, -0.1) is 0 Å². The molecule has 23 heavy (non-hydrogen) atoms. The first-order valence-corrected chi connectivity index (χ1v) is 6.78. The molecule has 0 heterocycles. The average Bonchev–Trinajstić information content (AvgIpc) is 2.44. The van der Waals surface area contributed by atoms with E-state index in [4.69, 9.17) is 0 Å². The summed E-state index contributed by atoms with van der Waals surface area (Å²) in [7, 11) is 0. The molecule has 0 aromatic heterocycles. The summed E-state index contributed by atoms with van der Waals surface area (Å²) in [5.74, 6) is -0.707. The van der Waals surface area contributed by atoms with Gasteiger partial charge in [-0.2, -0.15) is 26.3 Å². The summed E-state index contributed by atoms with van der Waals surface area (Å²) in [5, 5.41) is 0. The molecule has 8 heteroatoms. The lowest BCUT2D eigenvalue weighted by Crippen LogP contribution is -2.14. The third-order valence-electron chi connectivity index (χ3n) is 3.26. The van der Waals surface area contributed by atoms with Crippen LogP contribution in [-0.2, 0) is 12.4 Å². The molecule has 1 rings (SSSR count).